The van der Waals surface area contributed by atoms with Gasteiger partial charge in [-0.3, -0.25) is 0 Å². The Balaban J connectivity index is 1.91. The number of nitrogens with zero attached hydrogens (tertiary/aromatic N) is 1. The first kappa shape index (κ1) is 18.1. The molecule has 0 spiro atoms. The summed E-state index contributed by atoms with van der Waals surface area (Å²) in [5.41, 5.74) is 2.23. The molecule has 0 saturated carbocycles. The first-order chi connectivity index (χ1) is 11.5. The highest BCUT2D eigenvalue weighted by molar-refractivity contribution is 7.07. The van der Waals surface area contributed by atoms with Gasteiger partial charge in [-0.1, -0.05) is 6.07 Å². The first-order valence-electron chi connectivity index (χ1n) is 7.77. The summed E-state index contributed by atoms with van der Waals surface area (Å²) in [6.45, 7) is 2.51. The molecular formula is C18H24N2O3S. The van der Waals surface area contributed by atoms with E-state index in [1.807, 2.05) is 30.5 Å². The van der Waals surface area contributed by atoms with E-state index >= 15 is 0 Å². The number of nitrogens with one attached hydrogen (secondary N) is 1. The number of amides is 2. The van der Waals surface area contributed by atoms with Gasteiger partial charge in [0.05, 0.1) is 14.2 Å². The van der Waals surface area contributed by atoms with Gasteiger partial charge in [-0.2, -0.15) is 11.3 Å². The molecule has 0 unspecified atom stereocenters. The number of rotatable bonds is 7. The van der Waals surface area contributed by atoms with Crippen molar-refractivity contribution in [1.82, 2.24) is 10.2 Å². The van der Waals surface area contributed by atoms with Crippen molar-refractivity contribution >= 4 is 17.4 Å². The summed E-state index contributed by atoms with van der Waals surface area (Å²) in [6.07, 6.45) is 0.833. The van der Waals surface area contributed by atoms with Crippen molar-refractivity contribution in [2.75, 3.05) is 21.3 Å². The molecule has 1 atom stereocenters. The number of benzene rings is 1. The second-order valence-electron chi connectivity index (χ2n) is 5.73. The standard InChI is InChI=1S/C18H24N2O3S/c1-13(9-15-7-8-24-12-15)19-18(21)20(2)11-14-5-6-16(22-3)17(10-14)23-4/h5-8,10,12-13H,9,11H2,1-4H3,(H,19,21)/t13-/m0/s1. The van der Waals surface area contributed by atoms with Gasteiger partial charge in [-0.25, -0.2) is 4.79 Å². The molecule has 0 bridgehead atoms. The van der Waals surface area contributed by atoms with E-state index in [0.717, 1.165) is 12.0 Å². The number of urea groups is 1. The number of hydrogen-bond acceptors (Lipinski definition) is 4. The van der Waals surface area contributed by atoms with Crippen molar-refractivity contribution in [3.8, 4) is 11.5 Å². The van der Waals surface area contributed by atoms with Gasteiger partial charge in [0.1, 0.15) is 0 Å². The molecule has 1 heterocycles. The fourth-order valence-electron chi connectivity index (χ4n) is 2.46. The van der Waals surface area contributed by atoms with Crippen molar-refractivity contribution in [1.29, 1.82) is 0 Å². The van der Waals surface area contributed by atoms with Crippen LogP contribution in [0.3, 0.4) is 0 Å². The van der Waals surface area contributed by atoms with Gasteiger partial charge in [-0.05, 0) is 53.4 Å². The van der Waals surface area contributed by atoms with Gasteiger partial charge in [0.2, 0.25) is 0 Å². The Morgan fingerprint density at radius 2 is 1.96 bits per heavy atom. The first-order valence-corrected chi connectivity index (χ1v) is 8.71. The number of ether oxygens (including phenoxy) is 2. The third-order valence-corrected chi connectivity index (χ3v) is 4.44. The summed E-state index contributed by atoms with van der Waals surface area (Å²) in [5, 5.41) is 7.18. The second kappa shape index (κ2) is 8.59. The van der Waals surface area contributed by atoms with E-state index in [0.29, 0.717) is 18.0 Å². The lowest BCUT2D eigenvalue weighted by molar-refractivity contribution is 0.203. The van der Waals surface area contributed by atoms with Crippen LogP contribution in [0.2, 0.25) is 0 Å². The van der Waals surface area contributed by atoms with Crippen molar-refractivity contribution in [2.24, 2.45) is 0 Å². The number of hydrogen-bond donors (Lipinski definition) is 1. The van der Waals surface area contributed by atoms with Crippen LogP contribution >= 0.6 is 11.3 Å². The lowest BCUT2D eigenvalue weighted by atomic mass is 10.1. The minimum Gasteiger partial charge on any atom is -0.493 e. The van der Waals surface area contributed by atoms with Crippen LogP contribution in [0.4, 0.5) is 4.79 Å². The van der Waals surface area contributed by atoms with E-state index in [9.17, 15) is 4.79 Å². The molecule has 0 aliphatic carbocycles. The van der Waals surface area contributed by atoms with E-state index in [-0.39, 0.29) is 12.1 Å². The van der Waals surface area contributed by atoms with Crippen molar-refractivity contribution in [2.45, 2.75) is 25.9 Å². The van der Waals surface area contributed by atoms with Gasteiger partial charge in [0.15, 0.2) is 11.5 Å². The van der Waals surface area contributed by atoms with E-state index in [1.54, 1.807) is 37.5 Å². The molecule has 24 heavy (non-hydrogen) atoms. The van der Waals surface area contributed by atoms with Crippen LogP contribution in [-0.2, 0) is 13.0 Å². The molecule has 2 amide bonds. The number of methoxy groups -OCH3 is 2. The molecule has 0 aliphatic rings. The molecule has 6 heteroatoms. The van der Waals surface area contributed by atoms with E-state index in [4.69, 9.17) is 9.47 Å². The molecule has 5 nitrogen and oxygen atoms in total. The molecular weight excluding hydrogens is 324 g/mol. The fraction of sp³-hybridized carbons (Fsp3) is 0.389. The SMILES string of the molecule is COc1ccc(CN(C)C(=O)N[C@@H](C)Cc2ccsc2)cc1OC. The van der Waals surface area contributed by atoms with Crippen molar-refractivity contribution in [3.05, 3.63) is 46.2 Å². The lowest BCUT2D eigenvalue weighted by Gasteiger charge is -2.22. The number of carbonyl (C=O) groups excluding carboxylic acids is 1. The van der Waals surface area contributed by atoms with E-state index < -0.39 is 0 Å². The Labute approximate surface area is 147 Å². The third-order valence-electron chi connectivity index (χ3n) is 3.71. The van der Waals surface area contributed by atoms with Crippen LogP contribution < -0.4 is 14.8 Å². The maximum Gasteiger partial charge on any atom is 0.317 e. The van der Waals surface area contributed by atoms with Crippen LogP contribution in [0, 0.1) is 0 Å². The summed E-state index contributed by atoms with van der Waals surface area (Å²) in [4.78, 5) is 14.0. The molecule has 1 aromatic carbocycles. The molecule has 0 aliphatic heterocycles. The predicted molar refractivity (Wildman–Crippen MR) is 97.0 cm³/mol. The van der Waals surface area contributed by atoms with Crippen LogP contribution in [0.1, 0.15) is 18.1 Å². The van der Waals surface area contributed by atoms with Crippen LogP contribution in [0.15, 0.2) is 35.0 Å². The van der Waals surface area contributed by atoms with Crippen LogP contribution in [-0.4, -0.2) is 38.2 Å². The second-order valence-corrected chi connectivity index (χ2v) is 6.51. The fourth-order valence-corrected chi connectivity index (χ4v) is 3.14. The summed E-state index contributed by atoms with van der Waals surface area (Å²) in [6, 6.07) is 7.74. The smallest absolute Gasteiger partial charge is 0.317 e. The normalized spacial score (nSPS) is 11.7. The monoisotopic (exact) mass is 348 g/mol. The summed E-state index contributed by atoms with van der Waals surface area (Å²) >= 11 is 1.67. The highest BCUT2D eigenvalue weighted by Crippen LogP contribution is 2.27. The third kappa shape index (κ3) is 4.89. The highest BCUT2D eigenvalue weighted by Gasteiger charge is 2.14. The molecule has 0 radical (unpaired) electrons. The Morgan fingerprint density at radius 1 is 1.21 bits per heavy atom. The zero-order chi connectivity index (χ0) is 17.5. The van der Waals surface area contributed by atoms with E-state index in [2.05, 4.69) is 16.8 Å². The predicted octanol–water partition coefficient (Wildman–Crippen LogP) is 3.54. The van der Waals surface area contributed by atoms with Crippen LogP contribution in [0.25, 0.3) is 0 Å². The van der Waals surface area contributed by atoms with Crippen molar-refractivity contribution < 1.29 is 14.3 Å². The lowest BCUT2D eigenvalue weighted by Crippen LogP contribution is -2.42. The Hall–Kier alpha value is -2.21. The molecule has 1 N–H and O–H groups in total. The molecule has 2 rings (SSSR count). The van der Waals surface area contributed by atoms with E-state index in [1.165, 1.54) is 5.56 Å². The zero-order valence-corrected chi connectivity index (χ0v) is 15.4. The number of carbonyl (C=O) groups is 1. The highest BCUT2D eigenvalue weighted by atomic mass is 32.1. The minimum absolute atomic E-state index is 0.0833. The summed E-state index contributed by atoms with van der Waals surface area (Å²) in [7, 11) is 4.99. The zero-order valence-electron chi connectivity index (χ0n) is 14.5. The van der Waals surface area contributed by atoms with Gasteiger partial charge < -0.3 is 19.7 Å². The Morgan fingerprint density at radius 3 is 2.58 bits per heavy atom. The quantitative estimate of drug-likeness (QED) is 0.833. The minimum atomic E-state index is -0.0903. The maximum absolute atomic E-state index is 12.3. The van der Waals surface area contributed by atoms with Gasteiger partial charge in [0.25, 0.3) is 0 Å². The van der Waals surface area contributed by atoms with Crippen LogP contribution in [0.5, 0.6) is 11.5 Å². The van der Waals surface area contributed by atoms with Gasteiger partial charge in [-0.15, -0.1) is 0 Å². The van der Waals surface area contributed by atoms with Crippen molar-refractivity contribution in [3.63, 3.8) is 0 Å². The number of thiophene rings is 1. The molecule has 130 valence electrons. The van der Waals surface area contributed by atoms with Gasteiger partial charge in [0, 0.05) is 19.6 Å². The maximum atomic E-state index is 12.3. The van der Waals surface area contributed by atoms with Gasteiger partial charge >= 0.3 is 6.03 Å². The molecule has 0 saturated heterocycles. The summed E-state index contributed by atoms with van der Waals surface area (Å²) in [5.74, 6) is 1.34. The largest absolute Gasteiger partial charge is 0.493 e. The molecule has 0 fully saturated rings. The average molecular weight is 348 g/mol. The molecule has 2 aromatic rings. The Bertz CT molecular complexity index is 658. The average Bonchev–Trinajstić information content (AvgIpc) is 3.07. The summed E-state index contributed by atoms with van der Waals surface area (Å²) < 4.78 is 10.5. The topological polar surface area (TPSA) is 50.8 Å². The Kier molecular flexibility index (Phi) is 6.49. The molecule has 1 aromatic heterocycles.